The first-order valence-electron chi connectivity index (χ1n) is 6.29. The van der Waals surface area contributed by atoms with Crippen LogP contribution in [0.3, 0.4) is 0 Å². The summed E-state index contributed by atoms with van der Waals surface area (Å²) in [4.78, 5) is 12.0. The van der Waals surface area contributed by atoms with Gasteiger partial charge in [-0.05, 0) is 18.1 Å². The topological polar surface area (TPSA) is 29.1 Å². The summed E-state index contributed by atoms with van der Waals surface area (Å²) in [6.45, 7) is 8.27. The molecule has 0 amide bonds. The molecule has 0 aliphatic carbocycles. The van der Waals surface area contributed by atoms with Crippen molar-refractivity contribution in [3.63, 3.8) is 0 Å². The largest absolute Gasteiger partial charge is 0.384 e. The quantitative estimate of drug-likeness (QED) is 0.773. The highest BCUT2D eigenvalue weighted by Gasteiger charge is 2.38. The number of rotatable bonds is 6. The van der Waals surface area contributed by atoms with Gasteiger partial charge in [0.1, 0.15) is 5.78 Å². The Morgan fingerprint density at radius 1 is 1.33 bits per heavy atom. The van der Waals surface area contributed by atoms with E-state index in [0.29, 0.717) is 12.8 Å². The third-order valence-electron chi connectivity index (χ3n) is 3.56. The number of Topliss-reactive ketones (excluding diaryl/α,β-unsaturated/α-hetero) is 1. The number of para-hydroxylation sites is 1. The molecule has 1 heterocycles. The Kier molecular flexibility index (Phi) is 3.66. The number of nitrogens with one attached hydrogen (secondary N) is 1. The lowest BCUT2D eigenvalue weighted by molar-refractivity contribution is -0.119. The molecule has 2 rings (SSSR count). The van der Waals surface area contributed by atoms with E-state index in [1.807, 2.05) is 18.2 Å². The Morgan fingerprint density at radius 3 is 2.83 bits per heavy atom. The van der Waals surface area contributed by atoms with E-state index in [1.54, 1.807) is 6.08 Å². The molecule has 2 heteroatoms. The van der Waals surface area contributed by atoms with Gasteiger partial charge in [-0.1, -0.05) is 30.4 Å². The van der Waals surface area contributed by atoms with Crippen molar-refractivity contribution in [2.24, 2.45) is 0 Å². The van der Waals surface area contributed by atoms with Crippen LogP contribution in [0.1, 0.15) is 24.8 Å². The lowest BCUT2D eigenvalue weighted by Gasteiger charge is -2.27. The molecule has 0 saturated heterocycles. The molecule has 1 N–H and O–H groups in total. The molecule has 0 spiro atoms. The monoisotopic (exact) mass is 241 g/mol. The number of hydrogen-bond acceptors (Lipinski definition) is 2. The molecule has 0 aromatic heterocycles. The predicted octanol–water partition coefficient (Wildman–Crippen LogP) is 3.46. The lowest BCUT2D eigenvalue weighted by Crippen LogP contribution is -2.31. The zero-order valence-electron chi connectivity index (χ0n) is 10.6. The van der Waals surface area contributed by atoms with Crippen molar-refractivity contribution < 1.29 is 4.79 Å². The molecule has 0 saturated carbocycles. The number of carbonyl (C=O) groups is 1. The standard InChI is InChI=1S/C16H19NO/c1-3-7-13(18)11-16(10-4-2)12-17-15-9-6-5-8-14(15)16/h3-6,8-9,17H,1-2,7,10-12H2. The van der Waals surface area contributed by atoms with Crippen molar-refractivity contribution in [3.8, 4) is 0 Å². The summed E-state index contributed by atoms with van der Waals surface area (Å²) in [5, 5.41) is 3.40. The maximum Gasteiger partial charge on any atom is 0.137 e. The molecule has 0 fully saturated rings. The average Bonchev–Trinajstić information content (AvgIpc) is 2.70. The van der Waals surface area contributed by atoms with Crippen LogP contribution in [0.15, 0.2) is 49.6 Å². The zero-order chi connectivity index (χ0) is 13.0. The van der Waals surface area contributed by atoms with E-state index in [2.05, 4.69) is 30.6 Å². The van der Waals surface area contributed by atoms with Gasteiger partial charge in [-0.25, -0.2) is 0 Å². The summed E-state index contributed by atoms with van der Waals surface area (Å²) in [6, 6.07) is 8.22. The molecule has 0 bridgehead atoms. The zero-order valence-corrected chi connectivity index (χ0v) is 10.6. The number of fused-ring (bicyclic) bond motifs is 1. The van der Waals surface area contributed by atoms with Gasteiger partial charge in [0, 0.05) is 30.5 Å². The van der Waals surface area contributed by atoms with Gasteiger partial charge in [-0.15, -0.1) is 13.2 Å². The second-order valence-corrected chi connectivity index (χ2v) is 4.88. The Morgan fingerprint density at radius 2 is 2.11 bits per heavy atom. The van der Waals surface area contributed by atoms with Gasteiger partial charge in [0.15, 0.2) is 0 Å². The number of hydrogen-bond donors (Lipinski definition) is 1. The highest BCUT2D eigenvalue weighted by atomic mass is 16.1. The average molecular weight is 241 g/mol. The number of anilines is 1. The van der Waals surface area contributed by atoms with Gasteiger partial charge in [-0.2, -0.15) is 0 Å². The normalized spacial score (nSPS) is 20.9. The minimum atomic E-state index is -0.127. The van der Waals surface area contributed by atoms with Crippen LogP contribution < -0.4 is 5.32 Å². The van der Waals surface area contributed by atoms with Crippen LogP contribution in [0.2, 0.25) is 0 Å². The van der Waals surface area contributed by atoms with Crippen LogP contribution in [-0.2, 0) is 10.2 Å². The van der Waals surface area contributed by atoms with Crippen molar-refractivity contribution in [2.45, 2.75) is 24.7 Å². The van der Waals surface area contributed by atoms with Crippen LogP contribution in [-0.4, -0.2) is 12.3 Å². The van der Waals surface area contributed by atoms with Crippen LogP contribution in [0.5, 0.6) is 0 Å². The Bertz CT molecular complexity index is 478. The van der Waals surface area contributed by atoms with Gasteiger partial charge in [-0.3, -0.25) is 4.79 Å². The van der Waals surface area contributed by atoms with Crippen molar-refractivity contribution in [3.05, 3.63) is 55.1 Å². The SMILES string of the molecule is C=CCC(=O)CC1(CC=C)CNc2ccccc21. The highest BCUT2D eigenvalue weighted by molar-refractivity contribution is 5.82. The van der Waals surface area contributed by atoms with Gasteiger partial charge in [0.2, 0.25) is 0 Å². The summed E-state index contributed by atoms with van der Waals surface area (Å²) < 4.78 is 0. The van der Waals surface area contributed by atoms with Crippen LogP contribution in [0.25, 0.3) is 0 Å². The number of allylic oxidation sites excluding steroid dienone is 2. The van der Waals surface area contributed by atoms with E-state index >= 15 is 0 Å². The molecule has 1 aromatic carbocycles. The van der Waals surface area contributed by atoms with Crippen LogP contribution in [0.4, 0.5) is 5.69 Å². The fraction of sp³-hybridized carbons (Fsp3) is 0.312. The van der Waals surface area contributed by atoms with Crippen molar-refractivity contribution in [2.75, 3.05) is 11.9 Å². The lowest BCUT2D eigenvalue weighted by atomic mass is 9.75. The molecule has 1 unspecified atom stereocenters. The van der Waals surface area contributed by atoms with E-state index in [4.69, 9.17) is 0 Å². The molecular formula is C16H19NO. The molecule has 1 aliphatic heterocycles. The smallest absolute Gasteiger partial charge is 0.137 e. The van der Waals surface area contributed by atoms with Crippen LogP contribution >= 0.6 is 0 Å². The fourth-order valence-electron chi connectivity index (χ4n) is 2.76. The van der Waals surface area contributed by atoms with E-state index < -0.39 is 0 Å². The van der Waals surface area contributed by atoms with E-state index in [9.17, 15) is 4.79 Å². The Labute approximate surface area is 108 Å². The van der Waals surface area contributed by atoms with Crippen LogP contribution in [0, 0.1) is 0 Å². The molecule has 0 radical (unpaired) electrons. The summed E-state index contributed by atoms with van der Waals surface area (Å²) in [7, 11) is 0. The first-order chi connectivity index (χ1) is 8.72. The molecule has 1 aromatic rings. The Hall–Kier alpha value is -1.83. The number of carbonyl (C=O) groups excluding carboxylic acids is 1. The minimum Gasteiger partial charge on any atom is -0.384 e. The third-order valence-corrected chi connectivity index (χ3v) is 3.56. The second-order valence-electron chi connectivity index (χ2n) is 4.88. The van der Waals surface area contributed by atoms with E-state index in [1.165, 1.54) is 5.56 Å². The number of benzene rings is 1. The summed E-state index contributed by atoms with van der Waals surface area (Å²) in [6.07, 6.45) is 5.40. The third kappa shape index (κ3) is 2.23. The van der Waals surface area contributed by atoms with Gasteiger partial charge in [0.25, 0.3) is 0 Å². The first-order valence-corrected chi connectivity index (χ1v) is 6.29. The Balaban J connectivity index is 2.31. The second kappa shape index (κ2) is 5.21. The molecule has 1 aliphatic rings. The fourth-order valence-corrected chi connectivity index (χ4v) is 2.76. The summed E-state index contributed by atoms with van der Waals surface area (Å²) in [5.74, 6) is 0.241. The van der Waals surface area contributed by atoms with Gasteiger partial charge < -0.3 is 5.32 Å². The maximum absolute atomic E-state index is 12.0. The number of ketones is 1. The highest BCUT2D eigenvalue weighted by Crippen LogP contribution is 2.42. The van der Waals surface area contributed by atoms with Crippen molar-refractivity contribution in [1.82, 2.24) is 0 Å². The van der Waals surface area contributed by atoms with E-state index in [0.717, 1.165) is 18.7 Å². The molecule has 18 heavy (non-hydrogen) atoms. The first kappa shape index (κ1) is 12.6. The van der Waals surface area contributed by atoms with Crippen molar-refractivity contribution in [1.29, 1.82) is 0 Å². The van der Waals surface area contributed by atoms with Gasteiger partial charge in [0.05, 0.1) is 0 Å². The molecular weight excluding hydrogens is 222 g/mol. The molecule has 94 valence electrons. The molecule has 1 atom stereocenters. The minimum absolute atomic E-state index is 0.127. The maximum atomic E-state index is 12.0. The summed E-state index contributed by atoms with van der Waals surface area (Å²) in [5.41, 5.74) is 2.26. The predicted molar refractivity (Wildman–Crippen MR) is 75.9 cm³/mol. The van der Waals surface area contributed by atoms with Crippen molar-refractivity contribution >= 4 is 11.5 Å². The molecule has 2 nitrogen and oxygen atoms in total. The summed E-state index contributed by atoms with van der Waals surface area (Å²) >= 11 is 0. The van der Waals surface area contributed by atoms with E-state index in [-0.39, 0.29) is 11.2 Å². The van der Waals surface area contributed by atoms with Gasteiger partial charge >= 0.3 is 0 Å².